The van der Waals surface area contributed by atoms with Crippen molar-refractivity contribution in [3.63, 3.8) is 0 Å². The summed E-state index contributed by atoms with van der Waals surface area (Å²) in [4.78, 5) is 0. The zero-order valence-electron chi connectivity index (χ0n) is 10.7. The number of ether oxygens (including phenoxy) is 1. The van der Waals surface area contributed by atoms with Gasteiger partial charge in [-0.15, -0.1) is 6.42 Å². The van der Waals surface area contributed by atoms with E-state index in [1.54, 1.807) is 0 Å². The summed E-state index contributed by atoms with van der Waals surface area (Å²) in [6, 6.07) is 8.04. The third-order valence-electron chi connectivity index (χ3n) is 2.47. The summed E-state index contributed by atoms with van der Waals surface area (Å²) >= 11 is 0. The van der Waals surface area contributed by atoms with Gasteiger partial charge in [-0.3, -0.25) is 0 Å². The largest absolute Gasteiger partial charge is 0.481 e. The molecule has 1 aromatic rings. The maximum Gasteiger partial charge on any atom is 0.148 e. The molecule has 0 heterocycles. The lowest BCUT2D eigenvalue weighted by Gasteiger charge is -2.08. The first-order chi connectivity index (χ1) is 8.22. The van der Waals surface area contributed by atoms with Crippen LogP contribution in [0.4, 0.5) is 0 Å². The van der Waals surface area contributed by atoms with Crippen LogP contribution < -0.4 is 10.1 Å². The fourth-order valence-electron chi connectivity index (χ4n) is 1.45. The molecule has 0 fully saturated rings. The Morgan fingerprint density at radius 3 is 2.59 bits per heavy atom. The highest BCUT2D eigenvalue weighted by Gasteiger charge is 1.96. The maximum absolute atomic E-state index is 5.31. The zero-order valence-corrected chi connectivity index (χ0v) is 10.7. The number of hydrogen-bond acceptors (Lipinski definition) is 2. The second-order valence-corrected chi connectivity index (χ2v) is 4.50. The molecular weight excluding hydrogens is 210 g/mol. The highest BCUT2D eigenvalue weighted by Crippen LogP contribution is 2.11. The van der Waals surface area contributed by atoms with Crippen LogP contribution in [0.25, 0.3) is 0 Å². The van der Waals surface area contributed by atoms with Crippen molar-refractivity contribution in [2.75, 3.05) is 13.2 Å². The van der Waals surface area contributed by atoms with E-state index in [4.69, 9.17) is 11.2 Å². The Kier molecular flexibility index (Phi) is 6.21. The molecule has 0 aliphatic carbocycles. The van der Waals surface area contributed by atoms with E-state index >= 15 is 0 Å². The van der Waals surface area contributed by atoms with E-state index in [0.29, 0.717) is 6.61 Å². The van der Waals surface area contributed by atoms with E-state index in [9.17, 15) is 0 Å². The lowest BCUT2D eigenvalue weighted by atomic mass is 10.1. The first kappa shape index (κ1) is 13.6. The van der Waals surface area contributed by atoms with Crippen LogP contribution in [-0.4, -0.2) is 13.2 Å². The minimum atomic E-state index is 0.325. The van der Waals surface area contributed by atoms with Crippen LogP contribution in [0.5, 0.6) is 5.75 Å². The van der Waals surface area contributed by atoms with Gasteiger partial charge in [0.15, 0.2) is 0 Å². The molecule has 0 aromatic heterocycles. The molecule has 2 heteroatoms. The standard InChI is InChI=1S/C15H21NO/c1-4-11-17-15-7-5-14(6-8-15)12-16-10-9-13(2)3/h1,5-8,13,16H,9-12H2,2-3H3. The summed E-state index contributed by atoms with van der Waals surface area (Å²) < 4.78 is 5.31. The molecule has 0 saturated heterocycles. The van der Waals surface area contributed by atoms with E-state index in [1.807, 2.05) is 12.1 Å². The monoisotopic (exact) mass is 231 g/mol. The van der Waals surface area contributed by atoms with Crippen LogP contribution in [0, 0.1) is 18.3 Å². The summed E-state index contributed by atoms with van der Waals surface area (Å²) in [6.07, 6.45) is 6.34. The van der Waals surface area contributed by atoms with Gasteiger partial charge in [0.25, 0.3) is 0 Å². The molecule has 0 saturated carbocycles. The molecule has 0 unspecified atom stereocenters. The highest BCUT2D eigenvalue weighted by atomic mass is 16.5. The summed E-state index contributed by atoms with van der Waals surface area (Å²) in [5.74, 6) is 4.03. The molecule has 0 amide bonds. The summed E-state index contributed by atoms with van der Waals surface area (Å²) in [6.45, 7) is 6.76. The van der Waals surface area contributed by atoms with Crippen molar-refractivity contribution in [1.82, 2.24) is 5.32 Å². The van der Waals surface area contributed by atoms with Crippen LogP contribution >= 0.6 is 0 Å². The second kappa shape index (κ2) is 7.76. The molecule has 0 spiro atoms. The number of nitrogens with one attached hydrogen (secondary N) is 1. The maximum atomic E-state index is 5.31. The van der Waals surface area contributed by atoms with Crippen molar-refractivity contribution in [2.45, 2.75) is 26.8 Å². The highest BCUT2D eigenvalue weighted by molar-refractivity contribution is 5.27. The molecule has 2 nitrogen and oxygen atoms in total. The van der Waals surface area contributed by atoms with Crippen molar-refractivity contribution >= 4 is 0 Å². The van der Waals surface area contributed by atoms with E-state index in [2.05, 4.69) is 37.2 Å². The van der Waals surface area contributed by atoms with E-state index in [-0.39, 0.29) is 0 Å². The van der Waals surface area contributed by atoms with E-state index < -0.39 is 0 Å². The molecule has 92 valence electrons. The van der Waals surface area contributed by atoms with Crippen LogP contribution in [0.3, 0.4) is 0 Å². The lowest BCUT2D eigenvalue weighted by Crippen LogP contribution is -2.16. The molecule has 1 aromatic carbocycles. The Morgan fingerprint density at radius 2 is 2.00 bits per heavy atom. The molecule has 0 aliphatic heterocycles. The molecule has 0 aliphatic rings. The van der Waals surface area contributed by atoms with Gasteiger partial charge in [-0.25, -0.2) is 0 Å². The smallest absolute Gasteiger partial charge is 0.148 e. The van der Waals surface area contributed by atoms with E-state index in [1.165, 1.54) is 12.0 Å². The fraction of sp³-hybridized carbons (Fsp3) is 0.467. The first-order valence-electron chi connectivity index (χ1n) is 6.08. The van der Waals surface area contributed by atoms with Gasteiger partial charge >= 0.3 is 0 Å². The third kappa shape index (κ3) is 5.99. The Balaban J connectivity index is 2.28. The Labute approximate surface area is 104 Å². The topological polar surface area (TPSA) is 21.3 Å². The number of benzene rings is 1. The van der Waals surface area contributed by atoms with Gasteiger partial charge < -0.3 is 10.1 Å². The molecule has 0 radical (unpaired) electrons. The van der Waals surface area contributed by atoms with Crippen LogP contribution in [-0.2, 0) is 6.54 Å². The van der Waals surface area contributed by atoms with Gasteiger partial charge in [-0.1, -0.05) is 31.9 Å². The van der Waals surface area contributed by atoms with Gasteiger partial charge in [0.1, 0.15) is 12.4 Å². The van der Waals surface area contributed by atoms with Gasteiger partial charge in [0, 0.05) is 6.54 Å². The predicted molar refractivity (Wildman–Crippen MR) is 71.9 cm³/mol. The summed E-state index contributed by atoms with van der Waals surface area (Å²) in [5, 5.41) is 3.42. The van der Waals surface area contributed by atoms with Gasteiger partial charge in [-0.05, 0) is 36.6 Å². The van der Waals surface area contributed by atoms with Crippen molar-refractivity contribution in [3.8, 4) is 18.1 Å². The minimum Gasteiger partial charge on any atom is -0.481 e. The average Bonchev–Trinajstić information content (AvgIpc) is 2.33. The summed E-state index contributed by atoms with van der Waals surface area (Å²) in [7, 11) is 0. The van der Waals surface area contributed by atoms with Crippen LogP contribution in [0.2, 0.25) is 0 Å². The SMILES string of the molecule is C#CCOc1ccc(CNCCC(C)C)cc1. The van der Waals surface area contributed by atoms with Crippen LogP contribution in [0.1, 0.15) is 25.8 Å². The number of terminal acetylenes is 1. The summed E-state index contributed by atoms with van der Waals surface area (Å²) in [5.41, 5.74) is 1.27. The molecular formula is C15H21NO. The molecule has 17 heavy (non-hydrogen) atoms. The second-order valence-electron chi connectivity index (χ2n) is 4.50. The van der Waals surface area contributed by atoms with Gasteiger partial charge in [0.05, 0.1) is 0 Å². The minimum absolute atomic E-state index is 0.325. The van der Waals surface area contributed by atoms with E-state index in [0.717, 1.165) is 24.8 Å². The number of rotatable bonds is 7. The van der Waals surface area contributed by atoms with Crippen molar-refractivity contribution in [2.24, 2.45) is 5.92 Å². The van der Waals surface area contributed by atoms with Crippen molar-refractivity contribution in [3.05, 3.63) is 29.8 Å². The Bertz CT molecular complexity index is 348. The fourth-order valence-corrected chi connectivity index (χ4v) is 1.45. The van der Waals surface area contributed by atoms with Crippen LogP contribution in [0.15, 0.2) is 24.3 Å². The van der Waals surface area contributed by atoms with Crippen molar-refractivity contribution in [1.29, 1.82) is 0 Å². The quantitative estimate of drug-likeness (QED) is 0.575. The first-order valence-corrected chi connectivity index (χ1v) is 6.08. The third-order valence-corrected chi connectivity index (χ3v) is 2.47. The normalized spacial score (nSPS) is 10.2. The molecule has 0 bridgehead atoms. The average molecular weight is 231 g/mol. The van der Waals surface area contributed by atoms with Gasteiger partial charge in [0.2, 0.25) is 0 Å². The molecule has 1 rings (SSSR count). The zero-order chi connectivity index (χ0) is 12.5. The molecule has 1 N–H and O–H groups in total. The number of hydrogen-bond donors (Lipinski definition) is 1. The molecule has 0 atom stereocenters. The van der Waals surface area contributed by atoms with Crippen molar-refractivity contribution < 1.29 is 4.74 Å². The Hall–Kier alpha value is -1.46. The Morgan fingerprint density at radius 1 is 1.29 bits per heavy atom. The predicted octanol–water partition coefficient (Wildman–Crippen LogP) is 2.83. The lowest BCUT2D eigenvalue weighted by molar-refractivity contribution is 0.370. The van der Waals surface area contributed by atoms with Gasteiger partial charge in [-0.2, -0.15) is 0 Å².